The predicted molar refractivity (Wildman–Crippen MR) is 324 cm³/mol. The molecule has 3 saturated carbocycles. The van der Waals surface area contributed by atoms with Crippen LogP contribution < -0.4 is 0 Å². The molecule has 3 aliphatic rings. The predicted octanol–water partition coefficient (Wildman–Crippen LogP) is 18.2. The maximum Gasteiger partial charge on any atom is 0.125 e. The lowest BCUT2D eigenvalue weighted by molar-refractivity contribution is 0.308. The summed E-state index contributed by atoms with van der Waals surface area (Å²) in [7, 11) is 0. The van der Waals surface area contributed by atoms with Crippen LogP contribution in [0.4, 0.5) is 0 Å². The highest BCUT2D eigenvalue weighted by atomic mass is 14.9. The Bertz CT molecular complexity index is 1630. The van der Waals surface area contributed by atoms with Crippen LogP contribution >= 0.6 is 0 Å². The second kappa shape index (κ2) is 43.8. The van der Waals surface area contributed by atoms with E-state index in [0.29, 0.717) is 0 Å². The Morgan fingerprint density at radius 1 is 0.227 bits per heavy atom. The van der Waals surface area contributed by atoms with Crippen LogP contribution in [-0.4, -0.2) is 49.8 Å². The molecule has 0 aromatic carbocycles. The first kappa shape index (κ1) is 73.9. The van der Waals surface area contributed by atoms with Crippen molar-refractivity contribution in [1.29, 1.82) is 0 Å². The molecule has 9 rings (SSSR count). The van der Waals surface area contributed by atoms with Crippen molar-refractivity contribution < 1.29 is 0 Å². The van der Waals surface area contributed by atoms with Crippen LogP contribution in [0.1, 0.15) is 209 Å². The summed E-state index contributed by atoms with van der Waals surface area (Å²) in [6.07, 6.45) is 35.9. The van der Waals surface area contributed by atoms with Crippen molar-refractivity contribution in [3.8, 4) is 0 Å². The molecule has 420 valence electrons. The highest BCUT2D eigenvalue weighted by molar-refractivity contribution is 5.11. The third kappa shape index (κ3) is 42.5. The van der Waals surface area contributed by atoms with Gasteiger partial charge in [0.25, 0.3) is 0 Å². The molecule has 6 aromatic heterocycles. The fourth-order valence-corrected chi connectivity index (χ4v) is 7.19. The molecule has 3 fully saturated rings. The highest BCUT2D eigenvalue weighted by Gasteiger charge is 2.14. The number of aromatic nitrogens is 10. The Balaban J connectivity index is -0.000000774. The number of hydrogen-bond donors (Lipinski definition) is 0. The standard InChI is InChI=1S/3C8H16.2C7H9N.4C6H8N2.3CH4/c3*1-7-3-5-8(2)6-4-7;2*1-6-3-4-7(2)8-5-6;4*1-5-3-7-6(2)8-4-5;;;/h3*7-8H,3-6H2,1-2H3;2*3-5H,1-2H3;4*3-4H,1-2H3;3*1H4. The normalized spacial score (nSPS) is 18.6. The zero-order chi connectivity index (χ0) is 53.8. The summed E-state index contributed by atoms with van der Waals surface area (Å²) in [6.45, 7) is 37.6. The fraction of sp³-hybridized carbons (Fsp3) is 0.600. The molecular formula is C65H110N10. The van der Waals surface area contributed by atoms with Crippen molar-refractivity contribution in [3.63, 3.8) is 0 Å². The van der Waals surface area contributed by atoms with Gasteiger partial charge in [-0.3, -0.25) is 9.97 Å². The molecule has 0 amide bonds. The summed E-state index contributed by atoms with van der Waals surface area (Å²) in [4.78, 5) is 39.9. The van der Waals surface area contributed by atoms with Gasteiger partial charge in [0.15, 0.2) is 0 Å². The number of nitrogens with zero attached hydrogens (tertiary/aromatic N) is 10. The van der Waals surface area contributed by atoms with Crippen molar-refractivity contribution in [2.45, 2.75) is 224 Å². The minimum absolute atomic E-state index is 0. The van der Waals surface area contributed by atoms with Crippen molar-refractivity contribution in [2.24, 2.45) is 35.5 Å². The van der Waals surface area contributed by atoms with Gasteiger partial charge in [0.2, 0.25) is 0 Å². The zero-order valence-electron chi connectivity index (χ0n) is 48.5. The molecule has 75 heavy (non-hydrogen) atoms. The Morgan fingerprint density at radius 2 is 0.373 bits per heavy atom. The molecule has 0 unspecified atom stereocenters. The van der Waals surface area contributed by atoms with E-state index in [2.05, 4.69) is 104 Å². The Morgan fingerprint density at radius 3 is 0.480 bits per heavy atom. The van der Waals surface area contributed by atoms with Gasteiger partial charge in [0.05, 0.1) is 0 Å². The first-order valence-electron chi connectivity index (χ1n) is 26.9. The van der Waals surface area contributed by atoms with E-state index in [1.807, 2.05) is 157 Å². The van der Waals surface area contributed by atoms with Crippen LogP contribution in [0.15, 0.2) is 86.2 Å². The molecular weight excluding hydrogens is 921 g/mol. The van der Waals surface area contributed by atoms with E-state index in [1.54, 1.807) is 0 Å². The molecule has 10 heteroatoms. The van der Waals surface area contributed by atoms with Gasteiger partial charge < -0.3 is 0 Å². The Labute approximate surface area is 461 Å². The van der Waals surface area contributed by atoms with Crippen LogP contribution in [-0.2, 0) is 0 Å². The van der Waals surface area contributed by atoms with E-state index in [0.717, 1.165) is 92.4 Å². The van der Waals surface area contributed by atoms with Gasteiger partial charge in [-0.15, -0.1) is 0 Å². The molecule has 3 aliphatic carbocycles. The lowest BCUT2D eigenvalue weighted by Crippen LogP contribution is -2.08. The van der Waals surface area contributed by atoms with Gasteiger partial charge in [-0.05, 0) is 164 Å². The molecule has 6 heterocycles. The summed E-state index contributed by atoms with van der Waals surface area (Å²) in [5.74, 6) is 9.43. The lowest BCUT2D eigenvalue weighted by Gasteiger charge is -2.22. The van der Waals surface area contributed by atoms with E-state index in [4.69, 9.17) is 0 Å². The SMILES string of the molecule is C.C.C.CC1CCC(C)CC1.CC1CCC(C)CC1.CC1CCC(C)CC1.Cc1ccc(C)nc1.Cc1ccc(C)nc1.Cc1cnc(C)nc1.Cc1cnc(C)nc1.Cc1cnc(C)nc1.Cc1cnc(C)nc1. The number of pyridine rings is 2. The molecule has 0 N–H and O–H groups in total. The van der Waals surface area contributed by atoms with E-state index >= 15 is 0 Å². The number of hydrogen-bond acceptors (Lipinski definition) is 10. The summed E-state index contributed by atoms with van der Waals surface area (Å²) >= 11 is 0. The number of rotatable bonds is 0. The van der Waals surface area contributed by atoms with Gasteiger partial charge in [0, 0.05) is 73.4 Å². The van der Waals surface area contributed by atoms with E-state index < -0.39 is 0 Å². The summed E-state index contributed by atoms with van der Waals surface area (Å²) < 4.78 is 0. The highest BCUT2D eigenvalue weighted by Crippen LogP contribution is 2.28. The molecule has 0 spiro atoms. The molecule has 0 atom stereocenters. The summed E-state index contributed by atoms with van der Waals surface area (Å²) in [5.41, 5.74) is 9.02. The molecule has 10 nitrogen and oxygen atoms in total. The second-order valence-electron chi connectivity index (χ2n) is 21.3. The monoisotopic (exact) mass is 1030 g/mol. The minimum Gasteiger partial charge on any atom is -0.261 e. The molecule has 0 aliphatic heterocycles. The topological polar surface area (TPSA) is 129 Å². The third-order valence-electron chi connectivity index (χ3n) is 12.7. The largest absolute Gasteiger partial charge is 0.261 e. The van der Waals surface area contributed by atoms with Gasteiger partial charge >= 0.3 is 0 Å². The fourth-order valence-electron chi connectivity index (χ4n) is 7.19. The molecule has 0 bridgehead atoms. The smallest absolute Gasteiger partial charge is 0.125 e. The van der Waals surface area contributed by atoms with Crippen LogP contribution in [0.25, 0.3) is 0 Å². The average Bonchev–Trinajstić information content (AvgIpc) is 3.36. The Kier molecular flexibility index (Phi) is 43.2. The average molecular weight is 1030 g/mol. The zero-order valence-corrected chi connectivity index (χ0v) is 48.5. The Hall–Kier alpha value is -5.38. The van der Waals surface area contributed by atoms with Crippen molar-refractivity contribution in [3.05, 3.63) is 154 Å². The maximum atomic E-state index is 4.08. The lowest BCUT2D eigenvalue weighted by atomic mass is 9.84. The summed E-state index contributed by atoms with van der Waals surface area (Å²) in [6, 6.07) is 8.13. The van der Waals surface area contributed by atoms with Gasteiger partial charge in [-0.2, -0.15) is 0 Å². The molecule has 6 aromatic rings. The van der Waals surface area contributed by atoms with E-state index in [9.17, 15) is 0 Å². The van der Waals surface area contributed by atoms with Gasteiger partial charge in [-0.25, -0.2) is 39.9 Å². The summed E-state index contributed by atoms with van der Waals surface area (Å²) in [5, 5.41) is 0. The first-order valence-corrected chi connectivity index (χ1v) is 26.9. The maximum absolute atomic E-state index is 4.08. The first-order chi connectivity index (χ1) is 34.1. The van der Waals surface area contributed by atoms with Crippen LogP contribution in [0.3, 0.4) is 0 Å². The quantitative estimate of drug-likeness (QED) is 0.145. The van der Waals surface area contributed by atoms with E-state index in [-0.39, 0.29) is 22.3 Å². The van der Waals surface area contributed by atoms with Crippen LogP contribution in [0.2, 0.25) is 0 Å². The van der Waals surface area contributed by atoms with Crippen molar-refractivity contribution in [2.75, 3.05) is 0 Å². The van der Waals surface area contributed by atoms with Crippen molar-refractivity contribution >= 4 is 0 Å². The molecule has 0 saturated heterocycles. The number of aryl methyl sites for hydroxylation is 12. The van der Waals surface area contributed by atoms with Gasteiger partial charge in [0.1, 0.15) is 23.3 Å². The van der Waals surface area contributed by atoms with Gasteiger partial charge in [-0.1, -0.05) is 153 Å². The second-order valence-corrected chi connectivity index (χ2v) is 21.3. The van der Waals surface area contributed by atoms with Crippen molar-refractivity contribution in [1.82, 2.24) is 49.8 Å². The van der Waals surface area contributed by atoms with Crippen LogP contribution in [0, 0.1) is 119 Å². The van der Waals surface area contributed by atoms with Crippen LogP contribution in [0.5, 0.6) is 0 Å². The third-order valence-corrected chi connectivity index (χ3v) is 12.7. The molecule has 0 radical (unpaired) electrons. The minimum atomic E-state index is 0. The van der Waals surface area contributed by atoms with E-state index in [1.165, 1.54) is 88.2 Å².